The van der Waals surface area contributed by atoms with Crippen molar-refractivity contribution in [3.8, 4) is 11.4 Å². The van der Waals surface area contributed by atoms with Crippen molar-refractivity contribution in [1.29, 1.82) is 0 Å². The molecule has 0 saturated heterocycles. The summed E-state index contributed by atoms with van der Waals surface area (Å²) in [4.78, 5) is 29.2. The highest BCUT2D eigenvalue weighted by atomic mass is 19.4. The summed E-state index contributed by atoms with van der Waals surface area (Å²) in [7, 11) is 1.56. The Morgan fingerprint density at radius 1 is 1.07 bits per heavy atom. The van der Waals surface area contributed by atoms with Crippen LogP contribution in [0.3, 0.4) is 0 Å². The Balaban J connectivity index is 1.76. The van der Waals surface area contributed by atoms with Crippen LogP contribution in [-0.2, 0) is 19.9 Å². The summed E-state index contributed by atoms with van der Waals surface area (Å²) < 4.78 is 43.4. The molecule has 11 heteroatoms. The lowest BCUT2D eigenvalue weighted by atomic mass is 10.2. The van der Waals surface area contributed by atoms with Crippen LogP contribution < -0.4 is 21.2 Å². The van der Waals surface area contributed by atoms with Gasteiger partial charge >= 0.3 is 6.36 Å². The Morgan fingerprint density at radius 2 is 1.77 bits per heavy atom. The smallest absolute Gasteiger partial charge is 0.406 e. The van der Waals surface area contributed by atoms with Gasteiger partial charge in [0.2, 0.25) is 0 Å². The quantitative estimate of drug-likeness (QED) is 0.699. The van der Waals surface area contributed by atoms with E-state index in [0.717, 1.165) is 28.8 Å². The molecule has 0 unspecified atom stereocenters. The summed E-state index contributed by atoms with van der Waals surface area (Å²) in [5, 5.41) is 7.29. The Morgan fingerprint density at radius 3 is 2.47 bits per heavy atom. The van der Waals surface area contributed by atoms with Gasteiger partial charge in [0.25, 0.3) is 11.1 Å². The van der Waals surface area contributed by atoms with Crippen LogP contribution >= 0.6 is 0 Å². The van der Waals surface area contributed by atoms with Crippen molar-refractivity contribution >= 4 is 11.5 Å². The molecule has 0 spiro atoms. The van der Waals surface area contributed by atoms with Crippen LogP contribution in [0, 0.1) is 0 Å². The van der Waals surface area contributed by atoms with Crippen LogP contribution in [0.2, 0.25) is 0 Å². The fourth-order valence-corrected chi connectivity index (χ4v) is 3.36. The minimum atomic E-state index is -4.81. The number of aromatic nitrogens is 4. The SMILES string of the molecule is Cn1cncc(Nc2nn(-c3ccc(OC(F)(F)F)cc3)c(=O)c3c2CCC3)c1=O. The average molecular weight is 419 g/mol. The molecule has 8 nitrogen and oxygen atoms in total. The number of aryl methyl sites for hydroxylation is 1. The van der Waals surface area contributed by atoms with Crippen LogP contribution in [0.25, 0.3) is 5.69 Å². The third-order valence-corrected chi connectivity index (χ3v) is 4.72. The molecule has 0 amide bonds. The number of nitrogens with one attached hydrogen (secondary N) is 1. The van der Waals surface area contributed by atoms with Gasteiger partial charge in [0.15, 0.2) is 5.82 Å². The molecule has 1 aromatic carbocycles. The number of halogens is 3. The highest BCUT2D eigenvalue weighted by Gasteiger charge is 2.31. The first-order valence-corrected chi connectivity index (χ1v) is 9.02. The van der Waals surface area contributed by atoms with Gasteiger partial charge in [-0.05, 0) is 43.5 Å². The van der Waals surface area contributed by atoms with Crippen LogP contribution in [0.4, 0.5) is 24.7 Å². The number of hydrogen-bond donors (Lipinski definition) is 1. The van der Waals surface area contributed by atoms with Crippen LogP contribution in [-0.4, -0.2) is 25.7 Å². The van der Waals surface area contributed by atoms with E-state index in [9.17, 15) is 22.8 Å². The Bertz CT molecular complexity index is 1220. The molecule has 30 heavy (non-hydrogen) atoms. The molecule has 1 aliphatic carbocycles. The largest absolute Gasteiger partial charge is 0.573 e. The number of anilines is 2. The second kappa shape index (κ2) is 7.32. The van der Waals surface area contributed by atoms with E-state index in [1.165, 1.54) is 29.2 Å². The van der Waals surface area contributed by atoms with Gasteiger partial charge in [-0.15, -0.1) is 18.3 Å². The minimum Gasteiger partial charge on any atom is -0.406 e. The molecule has 2 heterocycles. The van der Waals surface area contributed by atoms with E-state index in [2.05, 4.69) is 20.1 Å². The topological polar surface area (TPSA) is 91.0 Å². The van der Waals surface area contributed by atoms with Gasteiger partial charge in [-0.25, -0.2) is 4.98 Å². The zero-order valence-electron chi connectivity index (χ0n) is 15.7. The van der Waals surface area contributed by atoms with Gasteiger partial charge in [0, 0.05) is 18.2 Å². The lowest BCUT2D eigenvalue weighted by Gasteiger charge is -2.14. The summed E-state index contributed by atoms with van der Waals surface area (Å²) in [5.41, 5.74) is 1.08. The van der Waals surface area contributed by atoms with Gasteiger partial charge in [-0.1, -0.05) is 0 Å². The van der Waals surface area contributed by atoms with Crippen molar-refractivity contribution in [2.45, 2.75) is 25.6 Å². The molecule has 0 saturated carbocycles. The van der Waals surface area contributed by atoms with E-state index in [1.807, 2.05) is 0 Å². The monoisotopic (exact) mass is 419 g/mol. The highest BCUT2D eigenvalue weighted by Crippen LogP contribution is 2.28. The minimum absolute atomic E-state index is 0.195. The maximum atomic E-state index is 12.9. The van der Waals surface area contributed by atoms with E-state index in [0.29, 0.717) is 24.2 Å². The molecule has 0 radical (unpaired) electrons. The lowest BCUT2D eigenvalue weighted by molar-refractivity contribution is -0.274. The molecule has 0 bridgehead atoms. The van der Waals surface area contributed by atoms with Crippen LogP contribution in [0.5, 0.6) is 5.75 Å². The Kier molecular flexibility index (Phi) is 4.80. The third kappa shape index (κ3) is 3.78. The normalized spacial score (nSPS) is 13.2. The predicted molar refractivity (Wildman–Crippen MR) is 101 cm³/mol. The van der Waals surface area contributed by atoms with E-state index in [4.69, 9.17) is 0 Å². The molecular weight excluding hydrogens is 403 g/mol. The first-order valence-electron chi connectivity index (χ1n) is 9.02. The van der Waals surface area contributed by atoms with Crippen molar-refractivity contribution in [2.24, 2.45) is 7.05 Å². The summed E-state index contributed by atoms with van der Waals surface area (Å²) in [5.74, 6) is -0.0690. The van der Waals surface area contributed by atoms with Crippen molar-refractivity contribution in [3.63, 3.8) is 0 Å². The molecule has 3 aromatic rings. The summed E-state index contributed by atoms with van der Waals surface area (Å²) in [6.07, 6.45) is -0.141. The summed E-state index contributed by atoms with van der Waals surface area (Å²) >= 11 is 0. The average Bonchev–Trinajstić information content (AvgIpc) is 3.18. The van der Waals surface area contributed by atoms with E-state index >= 15 is 0 Å². The van der Waals surface area contributed by atoms with Gasteiger partial charge in [0.1, 0.15) is 11.4 Å². The fourth-order valence-electron chi connectivity index (χ4n) is 3.36. The summed E-state index contributed by atoms with van der Waals surface area (Å²) in [6.45, 7) is 0. The number of alkyl halides is 3. The van der Waals surface area contributed by atoms with E-state index in [1.54, 1.807) is 7.05 Å². The predicted octanol–water partition coefficient (Wildman–Crippen LogP) is 2.46. The maximum Gasteiger partial charge on any atom is 0.573 e. The van der Waals surface area contributed by atoms with Gasteiger partial charge in [0.05, 0.1) is 18.2 Å². The molecule has 0 atom stereocenters. The maximum absolute atomic E-state index is 12.9. The molecule has 4 rings (SSSR count). The van der Waals surface area contributed by atoms with Crippen LogP contribution in [0.15, 0.2) is 46.4 Å². The lowest BCUT2D eigenvalue weighted by Crippen LogP contribution is -2.27. The number of fused-ring (bicyclic) bond motifs is 1. The zero-order chi connectivity index (χ0) is 21.5. The molecule has 156 valence electrons. The Hall–Kier alpha value is -3.63. The van der Waals surface area contributed by atoms with E-state index < -0.39 is 12.1 Å². The molecule has 0 aliphatic heterocycles. The standard InChI is InChI=1S/C19H16F3N5O3/c1-26-10-23-9-15(18(26)29)24-16-13-3-2-4-14(13)17(28)27(25-16)11-5-7-12(8-6-11)30-19(20,21)22/h5-10H,2-4H2,1H3,(H,24,25). The third-order valence-electron chi connectivity index (χ3n) is 4.72. The van der Waals surface area contributed by atoms with Crippen LogP contribution in [0.1, 0.15) is 17.5 Å². The molecule has 0 fully saturated rings. The number of ether oxygens (including phenoxy) is 1. The number of nitrogens with zero attached hydrogens (tertiary/aromatic N) is 4. The number of benzene rings is 1. The Labute approximate surface area is 167 Å². The zero-order valence-corrected chi connectivity index (χ0v) is 15.7. The first kappa shape index (κ1) is 19.7. The van der Waals surface area contributed by atoms with Gasteiger partial charge < -0.3 is 14.6 Å². The molecular formula is C19H16F3N5O3. The first-order chi connectivity index (χ1) is 14.2. The van der Waals surface area contributed by atoms with Crippen molar-refractivity contribution in [2.75, 3.05) is 5.32 Å². The summed E-state index contributed by atoms with van der Waals surface area (Å²) in [6, 6.07) is 4.83. The van der Waals surface area contributed by atoms with Crippen molar-refractivity contribution in [1.82, 2.24) is 19.3 Å². The molecule has 2 aromatic heterocycles. The second-order valence-electron chi connectivity index (χ2n) is 6.77. The number of hydrogen-bond acceptors (Lipinski definition) is 6. The number of rotatable bonds is 4. The highest BCUT2D eigenvalue weighted by molar-refractivity contribution is 5.60. The van der Waals surface area contributed by atoms with E-state index in [-0.39, 0.29) is 22.5 Å². The van der Waals surface area contributed by atoms with Crippen molar-refractivity contribution in [3.05, 3.63) is 68.6 Å². The van der Waals surface area contributed by atoms with Gasteiger partial charge in [-0.3, -0.25) is 9.59 Å². The molecule has 1 N–H and O–H groups in total. The van der Waals surface area contributed by atoms with Gasteiger partial charge in [-0.2, -0.15) is 4.68 Å². The fraction of sp³-hybridized carbons (Fsp3) is 0.263. The molecule has 1 aliphatic rings. The second-order valence-corrected chi connectivity index (χ2v) is 6.77. The van der Waals surface area contributed by atoms with Crippen molar-refractivity contribution < 1.29 is 17.9 Å².